The lowest BCUT2D eigenvalue weighted by Gasteiger charge is -2.22. The predicted molar refractivity (Wildman–Crippen MR) is 99.3 cm³/mol. The van der Waals surface area contributed by atoms with Crippen molar-refractivity contribution in [1.82, 2.24) is 14.8 Å². The molecule has 0 spiro atoms. The number of halogens is 4. The first kappa shape index (κ1) is 21.4. The van der Waals surface area contributed by atoms with Crippen LogP contribution in [0, 0.1) is 19.4 Å². The van der Waals surface area contributed by atoms with Crippen LogP contribution >= 0.6 is 0 Å². The lowest BCUT2D eigenvalue weighted by molar-refractivity contribution is -0.138. The van der Waals surface area contributed by atoms with E-state index in [4.69, 9.17) is 6.57 Å². The molecule has 0 bridgehead atoms. The second kappa shape index (κ2) is 7.50. The fourth-order valence-corrected chi connectivity index (χ4v) is 3.03. The van der Waals surface area contributed by atoms with Crippen LogP contribution in [-0.2, 0) is 23.9 Å². The van der Waals surface area contributed by atoms with Crippen molar-refractivity contribution in [3.8, 4) is 0 Å². The van der Waals surface area contributed by atoms with Gasteiger partial charge in [-0.1, -0.05) is 24.3 Å². The summed E-state index contributed by atoms with van der Waals surface area (Å²) in [5.41, 5.74) is -2.22. The van der Waals surface area contributed by atoms with E-state index in [2.05, 4.69) is 14.9 Å². The number of pyridine rings is 1. The summed E-state index contributed by atoms with van der Waals surface area (Å²) < 4.78 is 54.5. The number of hydrogen-bond donors (Lipinski definition) is 1. The molecular formula is C20H16F4N4O2. The van der Waals surface area contributed by atoms with Crippen molar-refractivity contribution in [2.75, 3.05) is 0 Å². The van der Waals surface area contributed by atoms with Gasteiger partial charge in [0, 0.05) is 12.0 Å². The summed E-state index contributed by atoms with van der Waals surface area (Å²) >= 11 is 0. The minimum Gasteiger partial charge on any atom is -0.380 e. The highest BCUT2D eigenvalue weighted by molar-refractivity contribution is 5.89. The molecule has 30 heavy (non-hydrogen) atoms. The van der Waals surface area contributed by atoms with Crippen LogP contribution in [-0.4, -0.2) is 31.3 Å². The number of carbonyl (C=O) groups excluding carboxylic acids is 1. The molecule has 2 aromatic heterocycles. The quantitative estimate of drug-likeness (QED) is 0.500. The molecule has 2 heterocycles. The number of carbonyl (C=O) groups is 1. The Kier molecular flexibility index (Phi) is 5.34. The van der Waals surface area contributed by atoms with E-state index >= 15 is 0 Å². The van der Waals surface area contributed by atoms with E-state index in [1.54, 1.807) is 25.1 Å². The van der Waals surface area contributed by atoms with Crippen molar-refractivity contribution < 1.29 is 27.5 Å². The molecule has 0 amide bonds. The summed E-state index contributed by atoms with van der Waals surface area (Å²) in [7, 11) is 0. The molecular weight excluding hydrogens is 404 g/mol. The van der Waals surface area contributed by atoms with Gasteiger partial charge in [-0.25, -0.2) is 0 Å². The summed E-state index contributed by atoms with van der Waals surface area (Å²) in [6.45, 7) is 9.36. The number of fused-ring (bicyclic) bond motifs is 1. The van der Waals surface area contributed by atoms with Crippen molar-refractivity contribution >= 4 is 22.5 Å². The zero-order valence-electron chi connectivity index (χ0n) is 16.0. The first-order chi connectivity index (χ1) is 13.9. The van der Waals surface area contributed by atoms with Crippen LogP contribution < -0.4 is 0 Å². The van der Waals surface area contributed by atoms with Crippen LogP contribution in [0.15, 0.2) is 30.5 Å². The summed E-state index contributed by atoms with van der Waals surface area (Å²) in [5.74, 6) is -2.38. The maximum Gasteiger partial charge on any atom is 0.409 e. The second-order valence-electron chi connectivity index (χ2n) is 7.17. The molecule has 10 heteroatoms. The van der Waals surface area contributed by atoms with Gasteiger partial charge in [-0.2, -0.15) is 17.6 Å². The molecule has 0 radical (unpaired) electrons. The average Bonchev–Trinajstić information content (AvgIpc) is 2.95. The molecule has 0 aliphatic heterocycles. The monoisotopic (exact) mass is 420 g/mol. The molecule has 1 N–H and O–H groups in total. The van der Waals surface area contributed by atoms with Crippen molar-refractivity contribution in [3.05, 3.63) is 64.5 Å². The number of rotatable bonds is 5. The number of alkyl halides is 3. The Hall–Kier alpha value is -3.32. The molecule has 1 atom stereocenters. The molecule has 0 fully saturated rings. The maximum atomic E-state index is 14.1. The molecule has 0 saturated carbocycles. The van der Waals surface area contributed by atoms with Gasteiger partial charge < -0.3 is 9.95 Å². The Labute approximate surface area is 168 Å². The molecule has 3 rings (SSSR count). The summed E-state index contributed by atoms with van der Waals surface area (Å²) in [6.07, 6.45) is -4.37. The summed E-state index contributed by atoms with van der Waals surface area (Å²) in [5, 5.41) is 14.6. The number of aliphatic hydroxyl groups is 1. The zero-order chi connectivity index (χ0) is 22.3. The van der Waals surface area contributed by atoms with E-state index < -0.39 is 47.9 Å². The van der Waals surface area contributed by atoms with Gasteiger partial charge in [-0.05, 0) is 26.0 Å². The number of ketones is 1. The smallest absolute Gasteiger partial charge is 0.380 e. The third-order valence-electron chi connectivity index (χ3n) is 4.62. The Morgan fingerprint density at radius 1 is 1.30 bits per heavy atom. The van der Waals surface area contributed by atoms with Crippen molar-refractivity contribution in [1.29, 1.82) is 0 Å². The standard InChI is InChI=1S/C20H16F4N4O2/c1-11-4-5-15-13(6-11)17(21)27-28(15)10-19(2,30)16(29)8-12-7-14(20(22,23)24)18(25-3)26-9-12/h4-7,9,30H,8,10H2,1-2H3/t19-/m0/s1. The number of benzene rings is 1. The van der Waals surface area contributed by atoms with E-state index in [1.807, 2.05) is 0 Å². The summed E-state index contributed by atoms with van der Waals surface area (Å²) in [4.78, 5) is 18.8. The fraction of sp³-hybridized carbons (Fsp3) is 0.300. The highest BCUT2D eigenvalue weighted by Crippen LogP contribution is 2.35. The third-order valence-corrected chi connectivity index (χ3v) is 4.62. The van der Waals surface area contributed by atoms with Gasteiger partial charge in [0.2, 0.25) is 5.95 Å². The van der Waals surface area contributed by atoms with Crippen LogP contribution in [0.3, 0.4) is 0 Å². The molecule has 3 aromatic rings. The van der Waals surface area contributed by atoms with Gasteiger partial charge in [-0.3, -0.25) is 9.48 Å². The first-order valence-electron chi connectivity index (χ1n) is 8.74. The first-order valence-corrected chi connectivity index (χ1v) is 8.74. The van der Waals surface area contributed by atoms with E-state index in [0.29, 0.717) is 11.6 Å². The third kappa shape index (κ3) is 4.16. The lowest BCUT2D eigenvalue weighted by Crippen LogP contribution is -2.41. The number of nitrogens with zero attached hydrogens (tertiary/aromatic N) is 4. The minimum atomic E-state index is -4.81. The van der Waals surface area contributed by atoms with Gasteiger partial charge in [0.25, 0.3) is 5.82 Å². The van der Waals surface area contributed by atoms with E-state index in [9.17, 15) is 27.5 Å². The van der Waals surface area contributed by atoms with Gasteiger partial charge in [0.05, 0.1) is 23.0 Å². The van der Waals surface area contributed by atoms with Gasteiger partial charge in [0.1, 0.15) is 11.8 Å². The number of aromatic nitrogens is 3. The van der Waals surface area contributed by atoms with Gasteiger partial charge in [-0.15, -0.1) is 10.1 Å². The second-order valence-corrected chi connectivity index (χ2v) is 7.17. The Morgan fingerprint density at radius 3 is 2.63 bits per heavy atom. The van der Waals surface area contributed by atoms with Crippen molar-refractivity contribution in [3.63, 3.8) is 0 Å². The Bertz CT molecular complexity index is 1180. The zero-order valence-corrected chi connectivity index (χ0v) is 16.0. The maximum absolute atomic E-state index is 14.1. The fourth-order valence-electron chi connectivity index (χ4n) is 3.03. The van der Waals surface area contributed by atoms with Crippen LogP contribution in [0.5, 0.6) is 0 Å². The summed E-state index contributed by atoms with van der Waals surface area (Å²) in [6, 6.07) is 5.57. The van der Waals surface area contributed by atoms with Crippen LogP contribution in [0.2, 0.25) is 0 Å². The van der Waals surface area contributed by atoms with Crippen LogP contribution in [0.25, 0.3) is 15.7 Å². The number of hydrogen-bond acceptors (Lipinski definition) is 4. The SMILES string of the molecule is [C-]#[N+]c1ncc(CC(=O)[C@@](C)(O)Cn2nc(F)c3cc(C)ccc32)cc1C(F)(F)F. The molecule has 0 unspecified atom stereocenters. The Morgan fingerprint density at radius 2 is 2.00 bits per heavy atom. The van der Waals surface area contributed by atoms with E-state index in [1.165, 1.54) is 6.92 Å². The molecule has 6 nitrogen and oxygen atoms in total. The highest BCUT2D eigenvalue weighted by Gasteiger charge is 2.36. The number of aryl methyl sites for hydroxylation is 1. The number of Topliss-reactive ketones (excluding diaryl/α,β-unsaturated/α-hetero) is 1. The minimum absolute atomic E-state index is 0.105. The van der Waals surface area contributed by atoms with Gasteiger partial charge in [0.15, 0.2) is 5.78 Å². The largest absolute Gasteiger partial charge is 0.409 e. The Balaban J connectivity index is 1.86. The van der Waals surface area contributed by atoms with Gasteiger partial charge >= 0.3 is 6.18 Å². The van der Waals surface area contributed by atoms with Crippen molar-refractivity contribution in [2.45, 2.75) is 38.6 Å². The molecule has 0 aliphatic rings. The van der Waals surface area contributed by atoms with Crippen LogP contribution in [0.4, 0.5) is 23.4 Å². The average molecular weight is 420 g/mol. The van der Waals surface area contributed by atoms with E-state index in [0.717, 1.165) is 16.4 Å². The molecule has 0 saturated heterocycles. The normalized spacial score (nSPS) is 13.8. The molecule has 1 aromatic carbocycles. The van der Waals surface area contributed by atoms with E-state index in [-0.39, 0.29) is 10.9 Å². The molecule has 0 aliphatic carbocycles. The predicted octanol–water partition coefficient (Wildman–Crippen LogP) is 4.01. The van der Waals surface area contributed by atoms with Crippen molar-refractivity contribution in [2.24, 2.45) is 0 Å². The topological polar surface area (TPSA) is 72.4 Å². The molecule has 156 valence electrons. The highest BCUT2D eigenvalue weighted by atomic mass is 19.4. The lowest BCUT2D eigenvalue weighted by atomic mass is 9.95. The van der Waals surface area contributed by atoms with Crippen LogP contribution in [0.1, 0.15) is 23.6 Å².